The number of hydrogen-bond acceptors (Lipinski definition) is 5. The van der Waals surface area contributed by atoms with Gasteiger partial charge in [0.1, 0.15) is 11.5 Å². The highest BCUT2D eigenvalue weighted by molar-refractivity contribution is 9.10. The molecule has 168 valence electrons. The first-order chi connectivity index (χ1) is 15.3. The van der Waals surface area contributed by atoms with Crippen molar-refractivity contribution < 1.29 is 28.2 Å². The van der Waals surface area contributed by atoms with Crippen LogP contribution < -0.4 is 20.1 Å². The number of urea groups is 1. The van der Waals surface area contributed by atoms with Gasteiger partial charge in [-0.3, -0.25) is 14.5 Å². The van der Waals surface area contributed by atoms with Crippen molar-refractivity contribution >= 4 is 45.5 Å². The Balaban J connectivity index is 1.76. The maximum atomic E-state index is 13.0. The molecule has 0 atom stereocenters. The molecule has 10 heteroatoms. The third-order valence-corrected chi connectivity index (χ3v) is 5.11. The Bertz CT molecular complexity index is 1070. The number of rotatable bonds is 8. The van der Waals surface area contributed by atoms with Crippen LogP contribution in [0.5, 0.6) is 11.5 Å². The standard InChI is InChI=1S/C22H21BrFN3O5/c1-3-27-21(29)17(26-22(27)30)9-13-10-18(31-4-2)19(11-16(13)23)32-12-20(28)25-15-7-5-14(24)6-8-15/h5-11H,3-4,12H2,1-2H3,(H,25,28)(H,26,30)/b17-9+. The normalized spacial score (nSPS) is 14.5. The predicted octanol–water partition coefficient (Wildman–Crippen LogP) is 3.92. The molecule has 1 aliphatic rings. The second-order valence-corrected chi connectivity index (χ2v) is 7.49. The van der Waals surface area contributed by atoms with Gasteiger partial charge < -0.3 is 20.1 Å². The van der Waals surface area contributed by atoms with Crippen molar-refractivity contribution in [1.29, 1.82) is 0 Å². The number of imide groups is 1. The second-order valence-electron chi connectivity index (χ2n) is 6.63. The van der Waals surface area contributed by atoms with Gasteiger partial charge in [0.05, 0.1) is 6.61 Å². The quantitative estimate of drug-likeness (QED) is 0.418. The first-order valence-electron chi connectivity index (χ1n) is 9.81. The van der Waals surface area contributed by atoms with Gasteiger partial charge in [-0.1, -0.05) is 15.9 Å². The molecule has 2 aromatic carbocycles. The van der Waals surface area contributed by atoms with Crippen molar-refractivity contribution in [3.63, 3.8) is 0 Å². The van der Waals surface area contributed by atoms with E-state index in [1.54, 1.807) is 26.0 Å². The predicted molar refractivity (Wildman–Crippen MR) is 120 cm³/mol. The van der Waals surface area contributed by atoms with Gasteiger partial charge in [0.15, 0.2) is 18.1 Å². The van der Waals surface area contributed by atoms with Crippen LogP contribution in [0.1, 0.15) is 19.4 Å². The highest BCUT2D eigenvalue weighted by Gasteiger charge is 2.32. The Kier molecular flexibility index (Phi) is 7.47. The first-order valence-corrected chi connectivity index (χ1v) is 10.6. The van der Waals surface area contributed by atoms with Crippen molar-refractivity contribution in [2.45, 2.75) is 13.8 Å². The van der Waals surface area contributed by atoms with Crippen LogP contribution in [0.3, 0.4) is 0 Å². The highest BCUT2D eigenvalue weighted by Crippen LogP contribution is 2.35. The van der Waals surface area contributed by atoms with Crippen LogP contribution in [0.25, 0.3) is 6.08 Å². The minimum atomic E-state index is -0.475. The summed E-state index contributed by atoms with van der Waals surface area (Å²) in [6.07, 6.45) is 1.54. The first kappa shape index (κ1) is 23.3. The fourth-order valence-electron chi connectivity index (χ4n) is 2.93. The molecule has 1 fully saturated rings. The highest BCUT2D eigenvalue weighted by atomic mass is 79.9. The Morgan fingerprint density at radius 2 is 1.84 bits per heavy atom. The third-order valence-electron chi connectivity index (χ3n) is 4.43. The smallest absolute Gasteiger partial charge is 0.328 e. The summed E-state index contributed by atoms with van der Waals surface area (Å²) in [6, 6.07) is 8.15. The maximum Gasteiger partial charge on any atom is 0.328 e. The summed E-state index contributed by atoms with van der Waals surface area (Å²) < 4.78 is 24.8. The SMILES string of the molecule is CCOc1cc(/C=C2/NC(=O)N(CC)C2=O)c(Br)cc1OCC(=O)Nc1ccc(F)cc1. The minimum absolute atomic E-state index is 0.146. The van der Waals surface area contributed by atoms with Crippen LogP contribution in [-0.2, 0) is 9.59 Å². The molecule has 2 N–H and O–H groups in total. The summed E-state index contributed by atoms with van der Waals surface area (Å²) in [4.78, 5) is 37.5. The van der Waals surface area contributed by atoms with Crippen LogP contribution in [-0.4, -0.2) is 42.5 Å². The molecule has 0 saturated carbocycles. The molecule has 0 bridgehead atoms. The molecule has 32 heavy (non-hydrogen) atoms. The van der Waals surface area contributed by atoms with Crippen LogP contribution in [0.4, 0.5) is 14.9 Å². The lowest BCUT2D eigenvalue weighted by Crippen LogP contribution is -2.30. The van der Waals surface area contributed by atoms with E-state index in [1.807, 2.05) is 0 Å². The van der Waals surface area contributed by atoms with E-state index in [-0.39, 0.29) is 18.8 Å². The van der Waals surface area contributed by atoms with E-state index in [0.29, 0.717) is 33.8 Å². The number of halogens is 2. The van der Waals surface area contributed by atoms with E-state index >= 15 is 0 Å². The van der Waals surface area contributed by atoms with E-state index in [0.717, 1.165) is 4.90 Å². The van der Waals surface area contributed by atoms with E-state index in [4.69, 9.17) is 9.47 Å². The van der Waals surface area contributed by atoms with Gasteiger partial charge >= 0.3 is 6.03 Å². The van der Waals surface area contributed by atoms with Gasteiger partial charge in [0.25, 0.3) is 11.8 Å². The van der Waals surface area contributed by atoms with Gasteiger partial charge in [0.2, 0.25) is 0 Å². The monoisotopic (exact) mass is 505 g/mol. The largest absolute Gasteiger partial charge is 0.490 e. The van der Waals surface area contributed by atoms with Crippen molar-refractivity contribution in [1.82, 2.24) is 10.2 Å². The van der Waals surface area contributed by atoms with Crippen molar-refractivity contribution in [2.24, 2.45) is 0 Å². The Hall–Kier alpha value is -3.40. The average Bonchev–Trinajstić information content (AvgIpc) is 3.03. The fourth-order valence-corrected chi connectivity index (χ4v) is 3.37. The van der Waals surface area contributed by atoms with Gasteiger partial charge in [-0.05, 0) is 61.9 Å². The van der Waals surface area contributed by atoms with Gasteiger partial charge in [0, 0.05) is 16.7 Å². The van der Waals surface area contributed by atoms with Gasteiger partial charge in [-0.2, -0.15) is 0 Å². The van der Waals surface area contributed by atoms with Crippen LogP contribution >= 0.6 is 15.9 Å². The summed E-state index contributed by atoms with van der Waals surface area (Å²) in [7, 11) is 0. The summed E-state index contributed by atoms with van der Waals surface area (Å²) >= 11 is 3.42. The molecule has 1 heterocycles. The van der Waals surface area contributed by atoms with Crippen molar-refractivity contribution in [3.05, 3.63) is 57.9 Å². The van der Waals surface area contributed by atoms with Crippen molar-refractivity contribution in [3.8, 4) is 11.5 Å². The second kappa shape index (κ2) is 10.3. The summed E-state index contributed by atoms with van der Waals surface area (Å²) in [5, 5.41) is 5.15. The molecule has 1 saturated heterocycles. The molecule has 0 unspecified atom stereocenters. The van der Waals surface area contributed by atoms with Crippen LogP contribution in [0.2, 0.25) is 0 Å². The minimum Gasteiger partial charge on any atom is -0.490 e. The molecule has 8 nitrogen and oxygen atoms in total. The lowest BCUT2D eigenvalue weighted by atomic mass is 10.1. The number of ether oxygens (including phenoxy) is 2. The summed E-state index contributed by atoms with van der Waals surface area (Å²) in [5.41, 5.74) is 1.17. The lowest BCUT2D eigenvalue weighted by Gasteiger charge is -2.14. The van der Waals surface area contributed by atoms with Gasteiger partial charge in [-0.25, -0.2) is 9.18 Å². The number of benzene rings is 2. The van der Waals surface area contributed by atoms with E-state index in [1.165, 1.54) is 30.3 Å². The Labute approximate surface area is 192 Å². The number of nitrogens with zero attached hydrogens (tertiary/aromatic N) is 1. The van der Waals surface area contributed by atoms with Crippen LogP contribution in [0, 0.1) is 5.82 Å². The maximum absolute atomic E-state index is 13.0. The molecule has 0 aliphatic carbocycles. The number of hydrogen-bond donors (Lipinski definition) is 2. The number of nitrogens with one attached hydrogen (secondary N) is 2. The molecule has 2 aromatic rings. The Morgan fingerprint density at radius 3 is 2.47 bits per heavy atom. The lowest BCUT2D eigenvalue weighted by molar-refractivity contribution is -0.122. The molecule has 3 rings (SSSR count). The number of likely N-dealkylation sites (N-methyl/N-ethyl adjacent to an activating group) is 1. The summed E-state index contributed by atoms with van der Waals surface area (Å²) in [6.45, 7) is 3.81. The zero-order valence-electron chi connectivity index (χ0n) is 17.4. The van der Waals surface area contributed by atoms with E-state index in [2.05, 4.69) is 26.6 Å². The van der Waals surface area contributed by atoms with Crippen molar-refractivity contribution in [2.75, 3.05) is 25.1 Å². The molecular weight excluding hydrogens is 485 g/mol. The zero-order chi connectivity index (χ0) is 23.3. The number of carbonyl (C=O) groups excluding carboxylic acids is 3. The molecule has 0 aromatic heterocycles. The number of carbonyl (C=O) groups is 3. The fraction of sp³-hybridized carbons (Fsp3) is 0.227. The number of anilines is 1. The van der Waals surface area contributed by atoms with E-state index < -0.39 is 23.7 Å². The molecular formula is C22H21BrFN3O5. The molecule has 1 aliphatic heterocycles. The molecule has 0 spiro atoms. The summed E-state index contributed by atoms with van der Waals surface area (Å²) in [5.74, 6) is -0.574. The molecule has 0 radical (unpaired) electrons. The molecule has 4 amide bonds. The average molecular weight is 506 g/mol. The topological polar surface area (TPSA) is 97.0 Å². The number of amides is 4. The zero-order valence-corrected chi connectivity index (χ0v) is 19.0. The van der Waals surface area contributed by atoms with E-state index in [9.17, 15) is 18.8 Å². The van der Waals surface area contributed by atoms with Gasteiger partial charge in [-0.15, -0.1) is 0 Å². The Morgan fingerprint density at radius 1 is 1.16 bits per heavy atom. The third kappa shape index (κ3) is 5.44. The van der Waals surface area contributed by atoms with Crippen LogP contribution in [0.15, 0.2) is 46.6 Å².